The molecule has 5 rings (SSSR count). The van der Waals surface area contributed by atoms with Crippen LogP contribution in [0.5, 0.6) is 0 Å². The molecule has 0 atom stereocenters. The number of amides is 1. The van der Waals surface area contributed by atoms with E-state index in [4.69, 9.17) is 16.0 Å². The molecule has 1 saturated heterocycles. The molecule has 0 aliphatic carbocycles. The van der Waals surface area contributed by atoms with Gasteiger partial charge in [-0.25, -0.2) is 9.97 Å². The van der Waals surface area contributed by atoms with Crippen molar-refractivity contribution in [2.24, 2.45) is 0 Å². The number of nitrogens with zero attached hydrogens (tertiary/aromatic N) is 3. The number of thiazole rings is 1. The molecule has 1 amide bonds. The van der Waals surface area contributed by atoms with Crippen LogP contribution >= 0.6 is 22.9 Å². The van der Waals surface area contributed by atoms with E-state index in [0.717, 1.165) is 40.4 Å². The average Bonchev–Trinajstić information content (AvgIpc) is 3.41. The van der Waals surface area contributed by atoms with E-state index in [1.165, 1.54) is 11.3 Å². The van der Waals surface area contributed by atoms with Crippen molar-refractivity contribution in [2.45, 2.75) is 18.8 Å². The van der Waals surface area contributed by atoms with Gasteiger partial charge in [-0.15, -0.1) is 11.3 Å². The lowest BCUT2D eigenvalue weighted by molar-refractivity contribution is 0.0701. The molecule has 1 fully saturated rings. The maximum Gasteiger partial charge on any atom is 0.273 e. The molecule has 4 aromatic rings. The molecular weight excluding hydrogens is 406 g/mol. The number of halogens is 1. The zero-order valence-corrected chi connectivity index (χ0v) is 17.1. The van der Waals surface area contributed by atoms with Crippen molar-refractivity contribution >= 4 is 39.9 Å². The van der Waals surface area contributed by atoms with Crippen LogP contribution in [0.1, 0.15) is 35.1 Å². The highest BCUT2D eigenvalue weighted by molar-refractivity contribution is 7.13. The Kier molecular flexibility index (Phi) is 4.81. The van der Waals surface area contributed by atoms with E-state index >= 15 is 0 Å². The summed E-state index contributed by atoms with van der Waals surface area (Å²) in [4.78, 5) is 23.9. The number of likely N-dealkylation sites (tertiary alicyclic amines) is 1. The van der Waals surface area contributed by atoms with Crippen LogP contribution in [0.3, 0.4) is 0 Å². The Balaban J connectivity index is 1.26. The number of hydrogen-bond acceptors (Lipinski definition) is 5. The third-order valence-corrected chi connectivity index (χ3v) is 6.37. The smallest absolute Gasteiger partial charge is 0.273 e. The van der Waals surface area contributed by atoms with Crippen molar-refractivity contribution in [1.82, 2.24) is 14.9 Å². The number of oxazole rings is 1. The van der Waals surface area contributed by atoms with Gasteiger partial charge in [-0.05, 0) is 31.0 Å². The van der Waals surface area contributed by atoms with Gasteiger partial charge in [-0.3, -0.25) is 4.79 Å². The number of rotatable bonds is 3. The Morgan fingerprint density at radius 3 is 2.69 bits per heavy atom. The summed E-state index contributed by atoms with van der Waals surface area (Å²) in [5.41, 5.74) is 3.08. The molecule has 0 radical (unpaired) electrons. The summed E-state index contributed by atoms with van der Waals surface area (Å²) >= 11 is 7.54. The van der Waals surface area contributed by atoms with Gasteiger partial charge in [0.25, 0.3) is 5.91 Å². The van der Waals surface area contributed by atoms with Gasteiger partial charge in [0.15, 0.2) is 11.5 Å². The average molecular weight is 424 g/mol. The number of hydrogen-bond donors (Lipinski definition) is 0. The van der Waals surface area contributed by atoms with Gasteiger partial charge in [0.1, 0.15) is 16.2 Å². The summed E-state index contributed by atoms with van der Waals surface area (Å²) in [5.74, 6) is 0.932. The first-order valence-electron chi connectivity index (χ1n) is 9.53. The molecule has 0 N–H and O–H groups in total. The van der Waals surface area contributed by atoms with Crippen LogP contribution in [-0.2, 0) is 0 Å². The maximum atomic E-state index is 12.9. The van der Waals surface area contributed by atoms with Crippen molar-refractivity contribution in [3.05, 3.63) is 70.5 Å². The van der Waals surface area contributed by atoms with E-state index in [1.54, 1.807) is 6.07 Å². The minimum Gasteiger partial charge on any atom is -0.440 e. The van der Waals surface area contributed by atoms with Gasteiger partial charge in [0, 0.05) is 35.0 Å². The van der Waals surface area contributed by atoms with Gasteiger partial charge < -0.3 is 9.32 Å². The molecule has 29 heavy (non-hydrogen) atoms. The molecule has 1 aliphatic rings. The van der Waals surface area contributed by atoms with Crippen molar-refractivity contribution in [1.29, 1.82) is 0 Å². The largest absolute Gasteiger partial charge is 0.440 e. The van der Waals surface area contributed by atoms with Crippen LogP contribution in [0.15, 0.2) is 58.3 Å². The molecule has 3 heterocycles. The molecule has 0 spiro atoms. The molecule has 0 saturated carbocycles. The van der Waals surface area contributed by atoms with Crippen LogP contribution in [0.4, 0.5) is 0 Å². The predicted molar refractivity (Wildman–Crippen MR) is 114 cm³/mol. The van der Waals surface area contributed by atoms with E-state index in [2.05, 4.69) is 9.97 Å². The summed E-state index contributed by atoms with van der Waals surface area (Å²) < 4.78 is 5.91. The number of aromatic nitrogens is 2. The standard InChI is InChI=1S/C22H18ClN3O2S/c23-16-6-7-19-17(12-16)24-20(28-19)14-8-10-26(11-9-14)22(27)18-13-29-21(25-18)15-4-2-1-3-5-15/h1-7,12-14H,8-11H2. The zero-order chi connectivity index (χ0) is 19.8. The summed E-state index contributed by atoms with van der Waals surface area (Å²) in [7, 11) is 0. The monoisotopic (exact) mass is 423 g/mol. The van der Waals surface area contributed by atoms with Gasteiger partial charge in [-0.1, -0.05) is 41.9 Å². The SMILES string of the molecule is O=C(c1csc(-c2ccccc2)n1)N1CCC(c2nc3cc(Cl)ccc3o2)CC1. The number of fused-ring (bicyclic) bond motifs is 1. The minimum absolute atomic E-state index is 0.00812. The minimum atomic E-state index is -0.00812. The van der Waals surface area contributed by atoms with Gasteiger partial charge >= 0.3 is 0 Å². The molecule has 1 aliphatic heterocycles. The van der Waals surface area contributed by atoms with Crippen LogP contribution in [0, 0.1) is 0 Å². The number of carbonyl (C=O) groups is 1. The predicted octanol–water partition coefficient (Wildman–Crippen LogP) is 5.62. The summed E-state index contributed by atoms with van der Waals surface area (Å²) in [6, 6.07) is 15.4. The second-order valence-corrected chi connectivity index (χ2v) is 8.43. The van der Waals surface area contributed by atoms with Crippen LogP contribution in [-0.4, -0.2) is 33.9 Å². The van der Waals surface area contributed by atoms with E-state index in [0.29, 0.717) is 23.8 Å². The first-order chi connectivity index (χ1) is 14.2. The fourth-order valence-electron chi connectivity index (χ4n) is 3.67. The van der Waals surface area contributed by atoms with Crippen molar-refractivity contribution in [2.75, 3.05) is 13.1 Å². The summed E-state index contributed by atoms with van der Waals surface area (Å²) in [6.45, 7) is 1.34. The highest BCUT2D eigenvalue weighted by atomic mass is 35.5. The van der Waals surface area contributed by atoms with E-state index < -0.39 is 0 Å². The molecule has 5 nitrogen and oxygen atoms in total. The first-order valence-corrected chi connectivity index (χ1v) is 10.8. The second kappa shape index (κ2) is 7.61. The Morgan fingerprint density at radius 2 is 1.90 bits per heavy atom. The molecule has 2 aromatic carbocycles. The molecule has 0 bridgehead atoms. The summed E-state index contributed by atoms with van der Waals surface area (Å²) in [6.07, 6.45) is 1.64. The highest BCUT2D eigenvalue weighted by Gasteiger charge is 2.28. The number of carbonyl (C=O) groups excluding carboxylic acids is 1. The van der Waals surface area contributed by atoms with E-state index in [9.17, 15) is 4.79 Å². The lowest BCUT2D eigenvalue weighted by atomic mass is 9.96. The first kappa shape index (κ1) is 18.3. The third-order valence-electron chi connectivity index (χ3n) is 5.24. The van der Waals surface area contributed by atoms with E-state index in [1.807, 2.05) is 52.7 Å². The van der Waals surface area contributed by atoms with Crippen LogP contribution in [0.25, 0.3) is 21.7 Å². The van der Waals surface area contributed by atoms with Gasteiger partial charge in [0.2, 0.25) is 0 Å². The maximum absolute atomic E-state index is 12.9. The fourth-order valence-corrected chi connectivity index (χ4v) is 4.64. The quantitative estimate of drug-likeness (QED) is 0.428. The van der Waals surface area contributed by atoms with Crippen LogP contribution in [0.2, 0.25) is 5.02 Å². The van der Waals surface area contributed by atoms with E-state index in [-0.39, 0.29) is 11.8 Å². The zero-order valence-electron chi connectivity index (χ0n) is 15.5. The highest BCUT2D eigenvalue weighted by Crippen LogP contribution is 2.32. The normalized spacial score (nSPS) is 15.1. The van der Waals surface area contributed by atoms with Crippen molar-refractivity contribution < 1.29 is 9.21 Å². The molecule has 2 aromatic heterocycles. The van der Waals surface area contributed by atoms with Crippen molar-refractivity contribution in [3.63, 3.8) is 0 Å². The Morgan fingerprint density at radius 1 is 1.10 bits per heavy atom. The molecular formula is C22H18ClN3O2S. The van der Waals surface area contributed by atoms with Gasteiger partial charge in [-0.2, -0.15) is 0 Å². The second-order valence-electron chi connectivity index (χ2n) is 7.13. The number of benzene rings is 2. The summed E-state index contributed by atoms with van der Waals surface area (Å²) in [5, 5.41) is 3.37. The van der Waals surface area contributed by atoms with Gasteiger partial charge in [0.05, 0.1) is 0 Å². The lowest BCUT2D eigenvalue weighted by Gasteiger charge is -2.30. The van der Waals surface area contributed by atoms with Crippen molar-refractivity contribution in [3.8, 4) is 10.6 Å². The third kappa shape index (κ3) is 3.66. The Labute approximate surface area is 177 Å². The lowest BCUT2D eigenvalue weighted by Crippen LogP contribution is -2.38. The molecule has 0 unspecified atom stereocenters. The van der Waals surface area contributed by atoms with Crippen LogP contribution < -0.4 is 0 Å². The molecule has 146 valence electrons. The Bertz CT molecular complexity index is 1160. The Hall–Kier alpha value is -2.70. The fraction of sp³-hybridized carbons (Fsp3) is 0.227. The topological polar surface area (TPSA) is 59.2 Å². The molecule has 7 heteroatoms. The number of piperidine rings is 1.